The number of nitrogens with zero attached hydrogens (tertiary/aromatic N) is 3. The molecule has 0 aliphatic carbocycles. The van der Waals surface area contributed by atoms with Gasteiger partial charge in [-0.25, -0.2) is 23.1 Å². The lowest BCUT2D eigenvalue weighted by molar-refractivity contribution is -0.128. The molecule has 1 aromatic heterocycles. The zero-order chi connectivity index (χ0) is 20.6. The molecule has 0 saturated carbocycles. The van der Waals surface area contributed by atoms with Gasteiger partial charge in [0.15, 0.2) is 11.8 Å². The summed E-state index contributed by atoms with van der Waals surface area (Å²) in [5, 5.41) is 2.26. The highest BCUT2D eigenvalue weighted by atomic mass is 19.1. The molecule has 7 nitrogen and oxygen atoms in total. The summed E-state index contributed by atoms with van der Waals surface area (Å²) in [6.45, 7) is 1.37. The number of halogens is 3. The van der Waals surface area contributed by atoms with Crippen LogP contribution in [0.1, 0.15) is 29.4 Å². The van der Waals surface area contributed by atoms with Gasteiger partial charge >= 0.3 is 0 Å². The lowest BCUT2D eigenvalue weighted by Gasteiger charge is -2.34. The SMILES string of the molecule is CN1C(=O)CC(C)(c2c(F)ccc(NC(=O)c3ccc(F)cn3)c2F)N=C1N. The summed E-state index contributed by atoms with van der Waals surface area (Å²) in [4.78, 5) is 33.1. The van der Waals surface area contributed by atoms with Crippen LogP contribution < -0.4 is 11.1 Å². The van der Waals surface area contributed by atoms with Gasteiger partial charge in [-0.15, -0.1) is 0 Å². The topological polar surface area (TPSA) is 101 Å². The molecule has 3 rings (SSSR count). The Balaban J connectivity index is 2.00. The fraction of sp³-hybridized carbons (Fsp3) is 0.222. The number of carbonyl (C=O) groups is 2. The molecule has 2 amide bonds. The Morgan fingerprint density at radius 1 is 1.25 bits per heavy atom. The summed E-state index contributed by atoms with van der Waals surface area (Å²) in [7, 11) is 1.40. The van der Waals surface area contributed by atoms with Crippen LogP contribution in [0.15, 0.2) is 35.5 Å². The molecular formula is C18H16F3N5O2. The smallest absolute Gasteiger partial charge is 0.274 e. The molecule has 1 aliphatic rings. The van der Waals surface area contributed by atoms with Crippen LogP contribution in [0.4, 0.5) is 18.9 Å². The molecular weight excluding hydrogens is 375 g/mol. The molecule has 1 aromatic carbocycles. The second-order valence-electron chi connectivity index (χ2n) is 6.47. The van der Waals surface area contributed by atoms with E-state index in [1.807, 2.05) is 0 Å². The first kappa shape index (κ1) is 19.3. The molecule has 3 N–H and O–H groups in total. The summed E-state index contributed by atoms with van der Waals surface area (Å²) >= 11 is 0. The highest BCUT2D eigenvalue weighted by Gasteiger charge is 2.40. The van der Waals surface area contributed by atoms with E-state index in [0.717, 1.165) is 35.4 Å². The highest BCUT2D eigenvalue weighted by molar-refractivity contribution is 6.03. The largest absolute Gasteiger partial charge is 0.369 e. The predicted molar refractivity (Wildman–Crippen MR) is 94.9 cm³/mol. The minimum Gasteiger partial charge on any atom is -0.369 e. The fourth-order valence-electron chi connectivity index (χ4n) is 2.89. The molecule has 0 spiro atoms. The van der Waals surface area contributed by atoms with E-state index in [9.17, 15) is 18.4 Å². The van der Waals surface area contributed by atoms with Crippen molar-refractivity contribution in [1.29, 1.82) is 0 Å². The first-order valence-electron chi connectivity index (χ1n) is 8.15. The van der Waals surface area contributed by atoms with E-state index < -0.39 is 40.4 Å². The zero-order valence-corrected chi connectivity index (χ0v) is 15.0. The molecule has 2 heterocycles. The van der Waals surface area contributed by atoms with Crippen LogP contribution in [0, 0.1) is 17.5 Å². The van der Waals surface area contributed by atoms with E-state index in [1.165, 1.54) is 14.0 Å². The predicted octanol–water partition coefficient (Wildman–Crippen LogP) is 2.14. The molecule has 10 heteroatoms. The zero-order valence-electron chi connectivity index (χ0n) is 15.0. The van der Waals surface area contributed by atoms with Crippen LogP contribution in [0.25, 0.3) is 0 Å². The van der Waals surface area contributed by atoms with Crippen molar-refractivity contribution < 1.29 is 22.8 Å². The van der Waals surface area contributed by atoms with Crippen molar-refractivity contribution in [1.82, 2.24) is 9.88 Å². The molecule has 28 heavy (non-hydrogen) atoms. The summed E-state index contributed by atoms with van der Waals surface area (Å²) in [6, 6.07) is 4.13. The van der Waals surface area contributed by atoms with Gasteiger partial charge in [0.1, 0.15) is 22.9 Å². The fourth-order valence-corrected chi connectivity index (χ4v) is 2.89. The van der Waals surface area contributed by atoms with Crippen LogP contribution in [0.3, 0.4) is 0 Å². The van der Waals surface area contributed by atoms with Crippen LogP contribution in [-0.2, 0) is 10.3 Å². The van der Waals surface area contributed by atoms with Crippen LogP contribution in [0.2, 0.25) is 0 Å². The van der Waals surface area contributed by atoms with E-state index in [1.54, 1.807) is 0 Å². The molecule has 1 atom stereocenters. The maximum Gasteiger partial charge on any atom is 0.274 e. The summed E-state index contributed by atoms with van der Waals surface area (Å²) in [5.41, 5.74) is 3.11. The Bertz CT molecular complexity index is 993. The third-order valence-electron chi connectivity index (χ3n) is 4.41. The molecule has 1 unspecified atom stereocenters. The highest BCUT2D eigenvalue weighted by Crippen LogP contribution is 2.38. The second kappa shape index (κ2) is 6.95. The van der Waals surface area contributed by atoms with Crippen LogP contribution in [-0.4, -0.2) is 34.7 Å². The number of anilines is 1. The number of carbonyl (C=O) groups excluding carboxylic acids is 2. The Morgan fingerprint density at radius 3 is 2.57 bits per heavy atom. The van der Waals surface area contributed by atoms with E-state index in [-0.39, 0.29) is 23.8 Å². The van der Waals surface area contributed by atoms with Gasteiger partial charge in [-0.1, -0.05) is 0 Å². The lowest BCUT2D eigenvalue weighted by Crippen LogP contribution is -2.48. The second-order valence-corrected chi connectivity index (χ2v) is 6.47. The van der Waals surface area contributed by atoms with Crippen molar-refractivity contribution >= 4 is 23.5 Å². The van der Waals surface area contributed by atoms with Gasteiger partial charge in [0, 0.05) is 7.05 Å². The van der Waals surface area contributed by atoms with Crippen molar-refractivity contribution in [2.75, 3.05) is 12.4 Å². The number of pyridine rings is 1. The monoisotopic (exact) mass is 391 g/mol. The maximum atomic E-state index is 15.1. The minimum atomic E-state index is -1.59. The van der Waals surface area contributed by atoms with E-state index >= 15 is 4.39 Å². The van der Waals surface area contributed by atoms with Crippen LogP contribution >= 0.6 is 0 Å². The number of amides is 2. The molecule has 146 valence electrons. The Morgan fingerprint density at radius 2 is 1.96 bits per heavy atom. The minimum absolute atomic E-state index is 0.158. The van der Waals surface area contributed by atoms with Gasteiger partial charge in [-0.05, 0) is 31.2 Å². The Labute approximate surface area is 158 Å². The average Bonchev–Trinajstić information content (AvgIpc) is 2.62. The third-order valence-corrected chi connectivity index (χ3v) is 4.41. The van der Waals surface area contributed by atoms with Gasteiger partial charge in [0.05, 0.1) is 23.9 Å². The summed E-state index contributed by atoms with van der Waals surface area (Å²) in [5.74, 6) is -4.12. The number of nitrogens with one attached hydrogen (secondary N) is 1. The van der Waals surface area contributed by atoms with Crippen LogP contribution in [0.5, 0.6) is 0 Å². The van der Waals surface area contributed by atoms with Gasteiger partial charge in [-0.2, -0.15) is 0 Å². The van der Waals surface area contributed by atoms with Crippen molar-refractivity contribution in [3.05, 3.63) is 59.2 Å². The Kier molecular flexibility index (Phi) is 4.80. The van der Waals surface area contributed by atoms with Crippen molar-refractivity contribution in [2.24, 2.45) is 10.7 Å². The number of aliphatic imine (C=N–C) groups is 1. The number of hydrogen-bond donors (Lipinski definition) is 2. The van der Waals surface area contributed by atoms with Crippen molar-refractivity contribution in [3.8, 4) is 0 Å². The quantitative estimate of drug-likeness (QED) is 0.837. The number of nitrogens with two attached hydrogens (primary N) is 1. The van der Waals surface area contributed by atoms with Crippen molar-refractivity contribution in [2.45, 2.75) is 18.9 Å². The summed E-state index contributed by atoms with van der Waals surface area (Å²) in [6.07, 6.45) is 0.527. The first-order chi connectivity index (χ1) is 13.1. The van der Waals surface area contributed by atoms with Gasteiger partial charge in [0.25, 0.3) is 5.91 Å². The van der Waals surface area contributed by atoms with Gasteiger partial charge in [-0.3, -0.25) is 14.5 Å². The summed E-state index contributed by atoms with van der Waals surface area (Å²) < 4.78 is 42.5. The van der Waals surface area contributed by atoms with E-state index in [0.29, 0.717) is 0 Å². The number of aromatic nitrogens is 1. The molecule has 1 aliphatic heterocycles. The van der Waals surface area contributed by atoms with Crippen molar-refractivity contribution in [3.63, 3.8) is 0 Å². The molecule has 0 fully saturated rings. The normalized spacial score (nSPS) is 19.4. The number of benzene rings is 1. The molecule has 0 bridgehead atoms. The van der Waals surface area contributed by atoms with E-state index in [4.69, 9.17) is 5.73 Å². The standard InChI is InChI=1S/C18H16F3N5O2/c1-18(7-13(27)26(2)17(22)25-18)14-10(20)4-6-11(15(14)21)24-16(28)12-5-3-9(19)8-23-12/h3-6,8H,7H2,1-2H3,(H2,22,25)(H,24,28). The number of guanidine groups is 1. The lowest BCUT2D eigenvalue weighted by atomic mass is 9.86. The number of rotatable bonds is 3. The average molecular weight is 391 g/mol. The molecule has 2 aromatic rings. The van der Waals surface area contributed by atoms with Gasteiger partial charge in [0.2, 0.25) is 5.91 Å². The Hall–Kier alpha value is -3.43. The maximum absolute atomic E-state index is 15.1. The molecule has 0 saturated heterocycles. The van der Waals surface area contributed by atoms with Gasteiger partial charge < -0.3 is 11.1 Å². The third kappa shape index (κ3) is 3.40. The first-order valence-corrected chi connectivity index (χ1v) is 8.15. The number of hydrogen-bond acceptors (Lipinski definition) is 5. The molecule has 0 radical (unpaired) electrons. The van der Waals surface area contributed by atoms with E-state index in [2.05, 4.69) is 15.3 Å².